The number of aryl methyl sites for hydroxylation is 2. The second kappa shape index (κ2) is 2.29. The van der Waals surface area contributed by atoms with Gasteiger partial charge < -0.3 is 4.42 Å². The van der Waals surface area contributed by atoms with Crippen LogP contribution in [0.15, 0.2) is 11.0 Å². The number of oxazole rings is 1. The highest BCUT2D eigenvalue weighted by Gasteiger charge is 2.04. The monoisotopic (exact) mass is 137 g/mol. The van der Waals surface area contributed by atoms with E-state index in [0.29, 0.717) is 5.89 Å². The van der Waals surface area contributed by atoms with Crippen LogP contribution in [-0.2, 0) is 0 Å². The van der Waals surface area contributed by atoms with Gasteiger partial charge in [-0.25, -0.2) is 4.98 Å². The summed E-state index contributed by atoms with van der Waals surface area (Å²) >= 11 is 0. The molecule has 0 unspecified atom stereocenters. The number of hydrogen-bond acceptors (Lipinski definition) is 2. The van der Waals surface area contributed by atoms with E-state index in [2.05, 4.69) is 11.6 Å². The molecule has 0 atom stereocenters. The Labute approximate surface area is 60.6 Å². The van der Waals surface area contributed by atoms with Crippen molar-refractivity contribution in [1.82, 2.24) is 4.98 Å². The van der Waals surface area contributed by atoms with Gasteiger partial charge in [0.05, 0.1) is 5.69 Å². The minimum atomic E-state index is 0.648. The number of hydrogen-bond donors (Lipinski definition) is 0. The first-order valence-electron chi connectivity index (χ1n) is 3.21. The van der Waals surface area contributed by atoms with E-state index in [-0.39, 0.29) is 0 Å². The summed E-state index contributed by atoms with van der Waals surface area (Å²) in [5, 5.41) is 0. The highest BCUT2D eigenvalue weighted by atomic mass is 16.4. The highest BCUT2D eigenvalue weighted by molar-refractivity contribution is 5.52. The predicted molar refractivity (Wildman–Crippen MR) is 40.7 cm³/mol. The van der Waals surface area contributed by atoms with Gasteiger partial charge in [-0.3, -0.25) is 0 Å². The van der Waals surface area contributed by atoms with Crippen molar-refractivity contribution in [2.24, 2.45) is 0 Å². The van der Waals surface area contributed by atoms with Gasteiger partial charge in [0.1, 0.15) is 5.76 Å². The van der Waals surface area contributed by atoms with Crippen LogP contribution in [0.25, 0.3) is 5.57 Å². The average molecular weight is 137 g/mol. The highest BCUT2D eigenvalue weighted by Crippen LogP contribution is 2.14. The van der Waals surface area contributed by atoms with Gasteiger partial charge in [0.2, 0.25) is 5.89 Å². The molecule has 0 aliphatic heterocycles. The van der Waals surface area contributed by atoms with Gasteiger partial charge in [0, 0.05) is 5.57 Å². The molecule has 1 aromatic rings. The molecule has 0 saturated heterocycles. The first-order chi connectivity index (χ1) is 4.61. The third-order valence-electron chi connectivity index (χ3n) is 1.39. The van der Waals surface area contributed by atoms with Gasteiger partial charge in [0.15, 0.2) is 0 Å². The first-order valence-corrected chi connectivity index (χ1v) is 3.21. The lowest BCUT2D eigenvalue weighted by Gasteiger charge is -1.86. The normalized spacial score (nSPS) is 9.90. The Kier molecular flexibility index (Phi) is 1.62. The maximum Gasteiger partial charge on any atom is 0.221 e. The van der Waals surface area contributed by atoms with E-state index in [0.717, 1.165) is 17.0 Å². The fourth-order valence-corrected chi connectivity index (χ4v) is 0.655. The van der Waals surface area contributed by atoms with Crippen molar-refractivity contribution in [2.75, 3.05) is 0 Å². The Bertz CT molecular complexity index is 241. The fourth-order valence-electron chi connectivity index (χ4n) is 0.655. The number of rotatable bonds is 1. The van der Waals surface area contributed by atoms with Crippen molar-refractivity contribution >= 4 is 5.57 Å². The van der Waals surface area contributed by atoms with Gasteiger partial charge in [-0.05, 0) is 20.8 Å². The second-order valence-electron chi connectivity index (χ2n) is 2.44. The van der Waals surface area contributed by atoms with E-state index >= 15 is 0 Å². The maximum atomic E-state index is 5.27. The quantitative estimate of drug-likeness (QED) is 0.593. The van der Waals surface area contributed by atoms with E-state index in [4.69, 9.17) is 4.42 Å². The first kappa shape index (κ1) is 7.06. The van der Waals surface area contributed by atoms with Crippen molar-refractivity contribution in [1.29, 1.82) is 0 Å². The Balaban J connectivity index is 3.10. The van der Waals surface area contributed by atoms with E-state index in [1.165, 1.54) is 0 Å². The third kappa shape index (κ3) is 1.10. The Morgan fingerprint density at radius 3 is 2.30 bits per heavy atom. The summed E-state index contributed by atoms with van der Waals surface area (Å²) in [6.07, 6.45) is 0. The molecule has 54 valence electrons. The minimum Gasteiger partial charge on any atom is -0.442 e. The summed E-state index contributed by atoms with van der Waals surface area (Å²) in [4.78, 5) is 4.14. The van der Waals surface area contributed by atoms with Crippen LogP contribution in [-0.4, -0.2) is 4.98 Å². The average Bonchev–Trinajstić information content (AvgIpc) is 2.13. The predicted octanol–water partition coefficient (Wildman–Crippen LogP) is 2.32. The summed E-state index contributed by atoms with van der Waals surface area (Å²) in [7, 11) is 0. The van der Waals surface area contributed by atoms with Crippen LogP contribution in [0.5, 0.6) is 0 Å². The standard InChI is InChI=1S/C8H11NO/c1-5(2)8-9-6(3)7(4)10-8/h1H2,2-4H3. The lowest BCUT2D eigenvalue weighted by atomic mass is 10.3. The zero-order valence-electron chi connectivity index (χ0n) is 6.56. The molecule has 0 bridgehead atoms. The lowest BCUT2D eigenvalue weighted by Crippen LogP contribution is -1.76. The number of nitrogens with zero attached hydrogens (tertiary/aromatic N) is 1. The van der Waals surface area contributed by atoms with E-state index in [1.54, 1.807) is 0 Å². The van der Waals surface area contributed by atoms with Crippen LogP contribution < -0.4 is 0 Å². The third-order valence-corrected chi connectivity index (χ3v) is 1.39. The van der Waals surface area contributed by atoms with Crippen molar-refractivity contribution in [3.8, 4) is 0 Å². The summed E-state index contributed by atoms with van der Waals surface area (Å²) < 4.78 is 5.27. The molecule has 0 aliphatic rings. The molecule has 1 rings (SSSR count). The summed E-state index contributed by atoms with van der Waals surface area (Å²) in [5.41, 5.74) is 1.81. The molecular formula is C8H11NO. The van der Waals surface area contributed by atoms with E-state index in [9.17, 15) is 0 Å². The van der Waals surface area contributed by atoms with Gasteiger partial charge in [-0.1, -0.05) is 6.58 Å². The molecule has 1 aromatic heterocycles. The Morgan fingerprint density at radius 1 is 1.50 bits per heavy atom. The lowest BCUT2D eigenvalue weighted by molar-refractivity contribution is 0.511. The van der Waals surface area contributed by atoms with Crippen LogP contribution in [0.2, 0.25) is 0 Å². The molecule has 2 nitrogen and oxygen atoms in total. The SMILES string of the molecule is C=C(C)c1nc(C)c(C)o1. The van der Waals surface area contributed by atoms with Gasteiger partial charge >= 0.3 is 0 Å². The van der Waals surface area contributed by atoms with Crippen molar-refractivity contribution < 1.29 is 4.42 Å². The molecule has 0 saturated carbocycles. The fraction of sp³-hybridized carbons (Fsp3) is 0.375. The smallest absolute Gasteiger partial charge is 0.221 e. The molecule has 2 heteroatoms. The molecule has 0 N–H and O–H groups in total. The summed E-state index contributed by atoms with van der Waals surface area (Å²) in [5.74, 6) is 1.52. The molecule has 0 aromatic carbocycles. The molecule has 1 heterocycles. The number of allylic oxidation sites excluding steroid dienone is 1. The molecule has 0 radical (unpaired) electrons. The zero-order valence-corrected chi connectivity index (χ0v) is 6.56. The minimum absolute atomic E-state index is 0.648. The van der Waals surface area contributed by atoms with Crippen molar-refractivity contribution in [2.45, 2.75) is 20.8 Å². The summed E-state index contributed by atoms with van der Waals surface area (Å²) in [6, 6.07) is 0. The molecular weight excluding hydrogens is 126 g/mol. The molecule has 0 spiro atoms. The molecule has 0 aliphatic carbocycles. The Hall–Kier alpha value is -1.05. The van der Waals surface area contributed by atoms with Crippen molar-refractivity contribution in [3.05, 3.63) is 23.9 Å². The zero-order chi connectivity index (χ0) is 7.72. The van der Waals surface area contributed by atoms with Crippen LogP contribution in [0, 0.1) is 13.8 Å². The van der Waals surface area contributed by atoms with Crippen LogP contribution >= 0.6 is 0 Å². The second-order valence-corrected chi connectivity index (χ2v) is 2.44. The van der Waals surface area contributed by atoms with Gasteiger partial charge in [-0.2, -0.15) is 0 Å². The largest absolute Gasteiger partial charge is 0.442 e. The summed E-state index contributed by atoms with van der Waals surface area (Å²) in [6.45, 7) is 9.42. The van der Waals surface area contributed by atoms with Gasteiger partial charge in [0.25, 0.3) is 0 Å². The van der Waals surface area contributed by atoms with E-state index in [1.807, 2.05) is 20.8 Å². The van der Waals surface area contributed by atoms with Crippen LogP contribution in [0.3, 0.4) is 0 Å². The number of aromatic nitrogens is 1. The van der Waals surface area contributed by atoms with Gasteiger partial charge in [-0.15, -0.1) is 0 Å². The molecule has 0 amide bonds. The van der Waals surface area contributed by atoms with Crippen molar-refractivity contribution in [3.63, 3.8) is 0 Å². The van der Waals surface area contributed by atoms with Crippen LogP contribution in [0.1, 0.15) is 24.3 Å². The Morgan fingerprint density at radius 2 is 2.10 bits per heavy atom. The topological polar surface area (TPSA) is 26.0 Å². The van der Waals surface area contributed by atoms with E-state index < -0.39 is 0 Å². The maximum absolute atomic E-state index is 5.27. The van der Waals surface area contributed by atoms with Crippen LogP contribution in [0.4, 0.5) is 0 Å². The molecule has 10 heavy (non-hydrogen) atoms. The molecule has 0 fully saturated rings.